The van der Waals surface area contributed by atoms with Crippen LogP contribution >= 0.6 is 0 Å². The first kappa shape index (κ1) is 11.4. The summed E-state index contributed by atoms with van der Waals surface area (Å²) in [5.74, 6) is 0. The number of ether oxygens (including phenoxy) is 2. The zero-order valence-corrected chi connectivity index (χ0v) is 7.99. The molecule has 0 heterocycles. The van der Waals surface area contributed by atoms with E-state index in [0.29, 0.717) is 13.2 Å². The van der Waals surface area contributed by atoms with Crippen LogP contribution in [0.4, 0.5) is 0 Å². The van der Waals surface area contributed by atoms with Crippen molar-refractivity contribution in [3.05, 3.63) is 14.5 Å². The zero-order chi connectivity index (χ0) is 6.83. The molecular formula is C5H12O2W. The van der Waals surface area contributed by atoms with Crippen LogP contribution in [0.2, 0.25) is 0 Å². The van der Waals surface area contributed by atoms with Gasteiger partial charge < -0.3 is 16.9 Å². The van der Waals surface area contributed by atoms with Crippen LogP contribution in [0.5, 0.6) is 0 Å². The Morgan fingerprint density at radius 2 is 2.12 bits per heavy atom. The molecule has 0 amide bonds. The minimum absolute atomic E-state index is 0. The Morgan fingerprint density at radius 1 is 1.62 bits per heavy atom. The molecule has 3 heteroatoms. The predicted molar refractivity (Wildman–Crippen MR) is 29.6 cm³/mol. The summed E-state index contributed by atoms with van der Waals surface area (Å²) in [5, 5.41) is 0. The molecular weight excluding hydrogens is 276 g/mol. The Hall–Kier alpha value is 0.608. The van der Waals surface area contributed by atoms with E-state index in [2.05, 4.69) is 24.0 Å². The van der Waals surface area contributed by atoms with Crippen LogP contribution in [0.3, 0.4) is 0 Å². The van der Waals surface area contributed by atoms with Crippen molar-refractivity contribution < 1.29 is 31.9 Å². The Morgan fingerprint density at radius 3 is 2.25 bits per heavy atom. The van der Waals surface area contributed by atoms with Crippen molar-refractivity contribution in [3.63, 3.8) is 0 Å². The minimum atomic E-state index is 0. The maximum atomic E-state index is 5.50. The summed E-state index contributed by atoms with van der Waals surface area (Å²) in [7, 11) is 7.27. The van der Waals surface area contributed by atoms with Gasteiger partial charge in [0, 0.05) is 13.7 Å². The number of rotatable bonds is 3. The number of methoxy groups -OCH3 is 1. The molecule has 0 aliphatic heterocycles. The summed E-state index contributed by atoms with van der Waals surface area (Å²) in [4.78, 5) is 0. The van der Waals surface area contributed by atoms with Gasteiger partial charge in [0.25, 0.3) is 0 Å². The minimum Gasteiger partial charge on any atom is -0.553 e. The van der Waals surface area contributed by atoms with E-state index in [-0.39, 0.29) is 21.1 Å². The maximum Gasteiger partial charge on any atom is 2.00 e. The van der Waals surface area contributed by atoms with E-state index in [4.69, 9.17) is 1.37 Å². The van der Waals surface area contributed by atoms with E-state index < -0.39 is 0 Å². The molecule has 0 aromatic carbocycles. The summed E-state index contributed by atoms with van der Waals surface area (Å²) in [5.41, 5.74) is 0. The van der Waals surface area contributed by atoms with E-state index in [1.54, 1.807) is 7.11 Å². The Bertz CT molecular complexity index is 26.9. The quantitative estimate of drug-likeness (QED) is 0.567. The van der Waals surface area contributed by atoms with Crippen LogP contribution in [-0.2, 0) is 30.5 Å². The molecule has 0 aromatic rings. The summed E-state index contributed by atoms with van der Waals surface area (Å²) in [6.07, 6.45) is 0. The van der Waals surface area contributed by atoms with Gasteiger partial charge in [0.2, 0.25) is 0 Å². The fourth-order valence-corrected chi connectivity index (χ4v) is 0.142. The molecule has 0 unspecified atom stereocenters. The zero-order valence-electron chi connectivity index (χ0n) is 6.05. The second-order valence-electron chi connectivity index (χ2n) is 0.901. The molecule has 0 N–H and O–H groups in total. The molecule has 0 aliphatic rings. The third-order valence-corrected chi connectivity index (χ3v) is 0.432. The third kappa shape index (κ3) is 16.0. The average molecular weight is 289 g/mol. The van der Waals surface area contributed by atoms with Crippen LogP contribution in [0.25, 0.3) is 0 Å². The molecule has 50 valence electrons. The summed E-state index contributed by atoms with van der Waals surface area (Å²) in [6.45, 7) is 1.21. The largest absolute Gasteiger partial charge is 2.00 e. The Labute approximate surface area is 67.2 Å². The average Bonchev–Trinajstić information content (AvgIpc) is 1.88. The number of hydrogen-bond donors (Lipinski definition) is 0. The molecule has 0 spiro atoms. The molecule has 0 atom stereocenters. The molecule has 0 radical (unpaired) electrons. The molecule has 0 saturated heterocycles. The van der Waals surface area contributed by atoms with Crippen molar-refractivity contribution in [2.24, 2.45) is 0 Å². The van der Waals surface area contributed by atoms with Gasteiger partial charge in [-0.1, -0.05) is 0 Å². The fraction of sp³-hybridized carbons (Fsp3) is 0.600. The van der Waals surface area contributed by atoms with Crippen LogP contribution in [0, 0.1) is 14.5 Å². The summed E-state index contributed by atoms with van der Waals surface area (Å²) in [6, 6.07) is 0. The van der Waals surface area contributed by atoms with Gasteiger partial charge in [-0.2, -0.15) is 0 Å². The smallest absolute Gasteiger partial charge is 0.553 e. The van der Waals surface area contributed by atoms with Gasteiger partial charge >= 0.3 is 21.1 Å². The molecule has 8 heavy (non-hydrogen) atoms. The maximum absolute atomic E-state index is 5.50. The summed E-state index contributed by atoms with van der Waals surface area (Å²) < 4.78 is 14.5. The predicted octanol–water partition coefficient (Wildman–Crippen LogP) is 0.889. The van der Waals surface area contributed by atoms with E-state index in [9.17, 15) is 0 Å². The van der Waals surface area contributed by atoms with Crippen molar-refractivity contribution >= 4 is 0 Å². The van der Waals surface area contributed by atoms with Crippen molar-refractivity contribution in [1.29, 1.82) is 0 Å². The molecule has 0 bridgehead atoms. The SMILES string of the molecule is [2H][CH2-].[CH2-]OCCOC.[W+2]. The van der Waals surface area contributed by atoms with E-state index >= 15 is 0 Å². The van der Waals surface area contributed by atoms with Gasteiger partial charge in [0.05, 0.1) is 6.61 Å². The van der Waals surface area contributed by atoms with E-state index in [1.165, 1.54) is 0 Å². The van der Waals surface area contributed by atoms with Crippen molar-refractivity contribution in [2.75, 3.05) is 20.3 Å². The van der Waals surface area contributed by atoms with Gasteiger partial charge in [-0.05, 0) is 0 Å². The molecule has 0 fully saturated rings. The van der Waals surface area contributed by atoms with Crippen molar-refractivity contribution in [2.45, 2.75) is 0 Å². The first-order valence-corrected chi connectivity index (χ1v) is 1.77. The topological polar surface area (TPSA) is 18.5 Å². The monoisotopic (exact) mass is 289 g/mol. The first-order valence-electron chi connectivity index (χ1n) is 2.48. The second-order valence-corrected chi connectivity index (χ2v) is 0.901. The molecule has 0 aliphatic carbocycles. The van der Waals surface area contributed by atoms with Crippen molar-refractivity contribution in [1.82, 2.24) is 0 Å². The first-order chi connectivity index (χ1) is 3.91. The van der Waals surface area contributed by atoms with Gasteiger partial charge in [-0.15, -0.1) is 0 Å². The standard InChI is InChI=1S/C4H9O2.CH3.W/c1-5-3-4-6-2;;/h1,3-4H2,2H3;1H3;/q2*-1;+2/i;1D;. The van der Waals surface area contributed by atoms with E-state index in [0.717, 1.165) is 0 Å². The Kier molecular flexibility index (Phi) is 22.3. The van der Waals surface area contributed by atoms with Crippen molar-refractivity contribution in [3.8, 4) is 0 Å². The molecule has 0 saturated carbocycles. The third-order valence-electron chi connectivity index (χ3n) is 0.432. The van der Waals surface area contributed by atoms with Crippen LogP contribution in [0.15, 0.2) is 0 Å². The normalized spacial score (nSPS) is 7.62. The van der Waals surface area contributed by atoms with E-state index in [1.807, 2.05) is 0 Å². The van der Waals surface area contributed by atoms with Gasteiger partial charge in [-0.3, -0.25) is 0 Å². The second kappa shape index (κ2) is 15.6. The van der Waals surface area contributed by atoms with Gasteiger partial charge in [0.15, 0.2) is 0 Å². The fourth-order valence-electron chi connectivity index (χ4n) is 0.142. The molecule has 0 rings (SSSR count). The van der Waals surface area contributed by atoms with Crippen LogP contribution in [-0.4, -0.2) is 20.3 Å². The van der Waals surface area contributed by atoms with Crippen LogP contribution < -0.4 is 0 Å². The Balaban J connectivity index is -0.000000109. The van der Waals surface area contributed by atoms with Gasteiger partial charge in [0.1, 0.15) is 0 Å². The molecule has 2 nitrogen and oxygen atoms in total. The summed E-state index contributed by atoms with van der Waals surface area (Å²) >= 11 is 0. The van der Waals surface area contributed by atoms with Gasteiger partial charge in [-0.25, -0.2) is 8.48 Å². The molecule has 0 aromatic heterocycles. The van der Waals surface area contributed by atoms with Crippen LogP contribution in [0.1, 0.15) is 1.37 Å². The number of hydrogen-bond acceptors (Lipinski definition) is 2.